The van der Waals surface area contributed by atoms with E-state index in [0.29, 0.717) is 24.3 Å². The third kappa shape index (κ3) is 1.79. The van der Waals surface area contributed by atoms with Gasteiger partial charge in [-0.1, -0.05) is 5.21 Å². The van der Waals surface area contributed by atoms with Crippen LogP contribution < -0.4 is 0 Å². The van der Waals surface area contributed by atoms with E-state index in [1.165, 1.54) is 4.68 Å². The molecule has 6 heteroatoms. The lowest BCUT2D eigenvalue weighted by atomic mass is 10.5. The predicted octanol–water partition coefficient (Wildman–Crippen LogP) is -0.0711. The Morgan fingerprint density at radius 2 is 2.14 bits per heavy atom. The fourth-order valence-corrected chi connectivity index (χ4v) is 1.00. The van der Waals surface area contributed by atoms with Crippen LogP contribution in [0.1, 0.15) is 16.3 Å². The van der Waals surface area contributed by atoms with Gasteiger partial charge in [0, 0.05) is 12.4 Å². The molecule has 0 radical (unpaired) electrons. The summed E-state index contributed by atoms with van der Waals surface area (Å²) in [7, 11) is 0. The summed E-state index contributed by atoms with van der Waals surface area (Å²) in [6.07, 6.45) is 5.50. The Morgan fingerprint density at radius 1 is 1.36 bits per heavy atom. The van der Waals surface area contributed by atoms with Crippen LogP contribution in [-0.2, 0) is 6.54 Å². The van der Waals surface area contributed by atoms with Gasteiger partial charge in [0.1, 0.15) is 18.1 Å². The first kappa shape index (κ1) is 8.49. The van der Waals surface area contributed by atoms with Crippen LogP contribution in [0.5, 0.6) is 0 Å². The van der Waals surface area contributed by atoms with Gasteiger partial charge in [-0.2, -0.15) is 0 Å². The van der Waals surface area contributed by atoms with Crippen molar-refractivity contribution < 1.29 is 4.79 Å². The van der Waals surface area contributed by atoms with E-state index in [-0.39, 0.29) is 0 Å². The van der Waals surface area contributed by atoms with Gasteiger partial charge in [0.15, 0.2) is 6.29 Å². The zero-order chi connectivity index (χ0) is 9.80. The van der Waals surface area contributed by atoms with Gasteiger partial charge < -0.3 is 0 Å². The van der Waals surface area contributed by atoms with E-state index in [4.69, 9.17) is 0 Å². The molecule has 6 nitrogen and oxygen atoms in total. The highest BCUT2D eigenvalue weighted by atomic mass is 16.1. The van der Waals surface area contributed by atoms with Crippen molar-refractivity contribution in [2.45, 2.75) is 6.54 Å². The third-order valence-corrected chi connectivity index (χ3v) is 1.60. The van der Waals surface area contributed by atoms with Crippen molar-refractivity contribution in [3.8, 4) is 0 Å². The number of aldehydes is 1. The van der Waals surface area contributed by atoms with Crippen LogP contribution >= 0.6 is 0 Å². The van der Waals surface area contributed by atoms with E-state index in [9.17, 15) is 4.79 Å². The van der Waals surface area contributed by atoms with Crippen molar-refractivity contribution in [1.29, 1.82) is 0 Å². The summed E-state index contributed by atoms with van der Waals surface area (Å²) in [6.45, 7) is 0.418. The minimum absolute atomic E-state index is 0.306. The highest BCUT2D eigenvalue weighted by molar-refractivity contribution is 5.70. The molecule has 2 aromatic heterocycles. The molecule has 14 heavy (non-hydrogen) atoms. The second-order valence-electron chi connectivity index (χ2n) is 2.62. The lowest BCUT2D eigenvalue weighted by molar-refractivity contribution is 0.111. The van der Waals surface area contributed by atoms with Gasteiger partial charge in [-0.05, 0) is 6.07 Å². The molecule has 0 aliphatic rings. The molecule has 0 fully saturated rings. The molecule has 0 spiro atoms. The number of carbonyl (C=O) groups is 1. The van der Waals surface area contributed by atoms with Gasteiger partial charge in [0.2, 0.25) is 0 Å². The first-order chi connectivity index (χ1) is 6.88. The lowest BCUT2D eigenvalue weighted by Crippen LogP contribution is -2.04. The van der Waals surface area contributed by atoms with Gasteiger partial charge in [-0.15, -0.1) is 5.10 Å². The largest absolute Gasteiger partial charge is 0.296 e. The molecule has 0 amide bonds. The van der Waals surface area contributed by atoms with Gasteiger partial charge in [-0.25, -0.2) is 14.6 Å². The summed E-state index contributed by atoms with van der Waals surface area (Å²) in [5, 5.41) is 7.36. The maximum absolute atomic E-state index is 10.3. The van der Waals surface area contributed by atoms with Crippen molar-refractivity contribution in [1.82, 2.24) is 25.0 Å². The minimum Gasteiger partial charge on any atom is -0.296 e. The molecule has 0 unspecified atom stereocenters. The average molecular weight is 189 g/mol. The fourth-order valence-electron chi connectivity index (χ4n) is 1.00. The van der Waals surface area contributed by atoms with Gasteiger partial charge >= 0.3 is 0 Å². The zero-order valence-electron chi connectivity index (χ0n) is 7.24. The molecule has 70 valence electrons. The van der Waals surface area contributed by atoms with Crippen molar-refractivity contribution in [2.75, 3.05) is 0 Å². The molecule has 0 bridgehead atoms. The Labute approximate surface area is 79.6 Å². The SMILES string of the molecule is O=Cc1cn(Cc2ncccn2)nn1. The fraction of sp³-hybridized carbons (Fsp3) is 0.125. The quantitative estimate of drug-likeness (QED) is 0.632. The summed E-state index contributed by atoms with van der Waals surface area (Å²) in [6, 6.07) is 1.74. The number of nitrogens with zero attached hydrogens (tertiary/aromatic N) is 5. The zero-order valence-corrected chi connectivity index (χ0v) is 7.24. The monoisotopic (exact) mass is 189 g/mol. The second kappa shape index (κ2) is 3.73. The van der Waals surface area contributed by atoms with E-state index in [2.05, 4.69) is 20.3 Å². The van der Waals surface area contributed by atoms with Crippen LogP contribution in [0.15, 0.2) is 24.7 Å². The van der Waals surface area contributed by atoms with Gasteiger partial charge in [-0.3, -0.25) is 4.79 Å². The number of hydrogen-bond donors (Lipinski definition) is 0. The standard InChI is InChI=1S/C8H7N5O/c14-6-7-4-13(12-11-7)5-8-9-2-1-3-10-8/h1-4,6H,5H2. The third-order valence-electron chi connectivity index (χ3n) is 1.60. The molecule has 2 heterocycles. The van der Waals surface area contributed by atoms with E-state index in [1.807, 2.05) is 0 Å². The summed E-state index contributed by atoms with van der Waals surface area (Å²) in [4.78, 5) is 18.4. The van der Waals surface area contributed by atoms with E-state index >= 15 is 0 Å². The van der Waals surface area contributed by atoms with Crippen LogP contribution in [0.4, 0.5) is 0 Å². The van der Waals surface area contributed by atoms with Crippen LogP contribution in [0.2, 0.25) is 0 Å². The van der Waals surface area contributed by atoms with E-state index < -0.39 is 0 Å². The molecule has 0 saturated carbocycles. The maximum atomic E-state index is 10.3. The van der Waals surface area contributed by atoms with Crippen LogP contribution in [0.25, 0.3) is 0 Å². The van der Waals surface area contributed by atoms with Crippen molar-refractivity contribution in [2.24, 2.45) is 0 Å². The van der Waals surface area contributed by atoms with E-state index in [1.54, 1.807) is 24.7 Å². The summed E-state index contributed by atoms with van der Waals surface area (Å²) < 4.78 is 1.51. The Kier molecular flexibility index (Phi) is 2.26. The Hall–Kier alpha value is -2.11. The highest BCUT2D eigenvalue weighted by Crippen LogP contribution is 1.93. The van der Waals surface area contributed by atoms with Crippen molar-refractivity contribution in [3.05, 3.63) is 36.2 Å². The summed E-state index contributed by atoms with van der Waals surface area (Å²) in [5.41, 5.74) is 0.306. The predicted molar refractivity (Wildman–Crippen MR) is 46.5 cm³/mol. The summed E-state index contributed by atoms with van der Waals surface area (Å²) >= 11 is 0. The molecule has 0 aliphatic carbocycles. The number of hydrogen-bond acceptors (Lipinski definition) is 5. The first-order valence-corrected chi connectivity index (χ1v) is 3.99. The number of rotatable bonds is 3. The second-order valence-corrected chi connectivity index (χ2v) is 2.62. The Morgan fingerprint density at radius 3 is 2.79 bits per heavy atom. The molecular formula is C8H7N5O. The van der Waals surface area contributed by atoms with Crippen LogP contribution in [0.3, 0.4) is 0 Å². The van der Waals surface area contributed by atoms with E-state index in [0.717, 1.165) is 0 Å². The lowest BCUT2D eigenvalue weighted by Gasteiger charge is -1.96. The molecular weight excluding hydrogens is 182 g/mol. The molecule has 2 rings (SSSR count). The molecule has 0 aliphatic heterocycles. The molecule has 0 saturated heterocycles. The highest BCUT2D eigenvalue weighted by Gasteiger charge is 2.00. The molecule has 0 aromatic carbocycles. The van der Waals surface area contributed by atoms with Crippen LogP contribution in [0, 0.1) is 0 Å². The average Bonchev–Trinajstić information content (AvgIpc) is 2.67. The van der Waals surface area contributed by atoms with Gasteiger partial charge in [0.25, 0.3) is 0 Å². The first-order valence-electron chi connectivity index (χ1n) is 3.99. The van der Waals surface area contributed by atoms with Crippen LogP contribution in [-0.4, -0.2) is 31.2 Å². The summed E-state index contributed by atoms with van der Waals surface area (Å²) in [5.74, 6) is 0.634. The Bertz CT molecular complexity index is 424. The topological polar surface area (TPSA) is 73.6 Å². The minimum atomic E-state index is 0.306. The molecule has 2 aromatic rings. The Balaban J connectivity index is 2.15. The smallest absolute Gasteiger partial charge is 0.171 e. The van der Waals surface area contributed by atoms with Crippen molar-refractivity contribution in [3.63, 3.8) is 0 Å². The normalized spacial score (nSPS) is 10.0. The number of aromatic nitrogens is 5. The van der Waals surface area contributed by atoms with Gasteiger partial charge in [0.05, 0.1) is 6.20 Å². The molecule has 0 N–H and O–H groups in total. The van der Waals surface area contributed by atoms with Crippen molar-refractivity contribution >= 4 is 6.29 Å². The maximum Gasteiger partial charge on any atom is 0.171 e. The number of carbonyl (C=O) groups excluding carboxylic acids is 1. The molecule has 0 atom stereocenters.